The van der Waals surface area contributed by atoms with Gasteiger partial charge in [-0.25, -0.2) is 14.4 Å². The van der Waals surface area contributed by atoms with Crippen LogP contribution < -0.4 is 4.74 Å². The lowest BCUT2D eigenvalue weighted by atomic mass is 9.91. The smallest absolute Gasteiger partial charge is 0.491 e. The Hall–Kier alpha value is -5.55. The number of carbonyl (C=O) groups excluding carboxylic acids is 3. The van der Waals surface area contributed by atoms with E-state index in [-0.39, 0.29) is 37.6 Å². The third-order valence-electron chi connectivity index (χ3n) is 10.4. The normalized spacial score (nSPS) is 21.1. The number of benzene rings is 4. The van der Waals surface area contributed by atoms with Crippen molar-refractivity contribution < 1.29 is 52.3 Å². The van der Waals surface area contributed by atoms with Crippen molar-refractivity contribution in [2.75, 3.05) is 33.0 Å². The molecule has 0 saturated carbocycles. The molecule has 292 valence electrons. The molecule has 4 aromatic rings. The van der Waals surface area contributed by atoms with Gasteiger partial charge in [0.1, 0.15) is 56.6 Å². The van der Waals surface area contributed by atoms with Crippen molar-refractivity contribution in [1.29, 1.82) is 0 Å². The molecule has 4 unspecified atom stereocenters. The monoisotopic (exact) mass is 762 g/mol. The molecule has 8 rings (SSSR count). The predicted molar refractivity (Wildman–Crippen MR) is 203 cm³/mol. The van der Waals surface area contributed by atoms with Crippen molar-refractivity contribution >= 4 is 18.5 Å². The third kappa shape index (κ3) is 10.8. The molecule has 0 N–H and O–H groups in total. The van der Waals surface area contributed by atoms with Crippen LogP contribution in [0.1, 0.15) is 69.3 Å². The molecular formula is C45H46O11. The lowest BCUT2D eigenvalue weighted by molar-refractivity contribution is 0.115. The molecule has 4 fully saturated rings. The molecule has 4 aliphatic heterocycles. The van der Waals surface area contributed by atoms with E-state index < -0.39 is 18.5 Å². The van der Waals surface area contributed by atoms with Gasteiger partial charge in [-0.1, -0.05) is 72.8 Å². The van der Waals surface area contributed by atoms with Gasteiger partial charge < -0.3 is 37.9 Å². The standard InChI is InChI=1S/C45H46O11/c46-43-51-24-39(54-43)12-5-29-1-3-30(4-2-29)15-34-17-32(8-13-40-25-52-44(47)55-40)19-36(21-34)23-37-20-33(9-14-41-26-53-45(48)56-41)18-35(22-37)16-31-6-10-38(11-7-31)49-27-42-28-50-42/h1-4,6-7,10-11,17-22,39-42H,5,8-9,12-16,23-28H2. The van der Waals surface area contributed by atoms with Crippen molar-refractivity contribution in [3.63, 3.8) is 0 Å². The molecule has 4 saturated heterocycles. The Bertz CT molecular complexity index is 2000. The quantitative estimate of drug-likeness (QED) is 0.0564. The third-order valence-corrected chi connectivity index (χ3v) is 10.4. The van der Waals surface area contributed by atoms with E-state index in [4.69, 9.17) is 37.9 Å². The summed E-state index contributed by atoms with van der Waals surface area (Å²) in [6.07, 6.45) is 4.36. The minimum Gasteiger partial charge on any atom is -0.491 e. The maximum absolute atomic E-state index is 11.6. The van der Waals surface area contributed by atoms with Crippen LogP contribution in [0.3, 0.4) is 0 Å². The van der Waals surface area contributed by atoms with Gasteiger partial charge in [0.25, 0.3) is 0 Å². The van der Waals surface area contributed by atoms with E-state index in [0.717, 1.165) is 57.3 Å². The summed E-state index contributed by atoms with van der Waals surface area (Å²) in [7, 11) is 0. The molecule has 4 aliphatic rings. The average molecular weight is 763 g/mol. The highest BCUT2D eigenvalue weighted by Gasteiger charge is 2.27. The van der Waals surface area contributed by atoms with Crippen LogP contribution in [-0.2, 0) is 71.7 Å². The first-order valence-corrected chi connectivity index (χ1v) is 19.5. The SMILES string of the molecule is O=C1OCC(CCc2ccc(Cc3cc(CCC4COC(=O)O4)cc(Cc4cc(CCC5COC(=O)O5)cc(Cc5ccc(OCC6CO6)cc5)c4)c3)cc2)O1. The summed E-state index contributed by atoms with van der Waals surface area (Å²) >= 11 is 0. The Labute approximate surface area is 326 Å². The van der Waals surface area contributed by atoms with E-state index in [1.54, 1.807) is 0 Å². The number of epoxide rings is 1. The Balaban J connectivity index is 0.998. The second kappa shape index (κ2) is 17.5. The van der Waals surface area contributed by atoms with Crippen LogP contribution in [0.15, 0.2) is 84.9 Å². The van der Waals surface area contributed by atoms with Gasteiger partial charge in [0.15, 0.2) is 0 Å². The van der Waals surface area contributed by atoms with Gasteiger partial charge in [0, 0.05) is 0 Å². The highest BCUT2D eigenvalue weighted by atomic mass is 16.8. The first-order valence-electron chi connectivity index (χ1n) is 19.5. The maximum Gasteiger partial charge on any atom is 0.508 e. The maximum atomic E-state index is 11.6. The van der Waals surface area contributed by atoms with Gasteiger partial charge in [-0.15, -0.1) is 0 Å². The fourth-order valence-electron chi connectivity index (χ4n) is 7.47. The number of cyclic esters (lactones) is 6. The molecule has 0 spiro atoms. The van der Waals surface area contributed by atoms with Gasteiger partial charge in [0.05, 0.1) is 6.61 Å². The second-order valence-corrected chi connectivity index (χ2v) is 15.1. The molecule has 0 amide bonds. The molecule has 0 radical (unpaired) electrons. The van der Waals surface area contributed by atoms with E-state index in [1.807, 2.05) is 12.1 Å². The number of hydrogen-bond acceptors (Lipinski definition) is 11. The summed E-state index contributed by atoms with van der Waals surface area (Å²) in [5.74, 6) is 0.834. The van der Waals surface area contributed by atoms with Crippen LogP contribution in [0, 0.1) is 0 Å². The lowest BCUT2D eigenvalue weighted by Crippen LogP contribution is -2.11. The minimum atomic E-state index is -0.604. The highest BCUT2D eigenvalue weighted by Crippen LogP contribution is 2.25. The molecule has 56 heavy (non-hydrogen) atoms. The first-order chi connectivity index (χ1) is 27.3. The largest absolute Gasteiger partial charge is 0.508 e. The molecule has 0 aliphatic carbocycles. The van der Waals surface area contributed by atoms with Crippen LogP contribution in [-0.4, -0.2) is 75.9 Å². The molecule has 0 bridgehead atoms. The van der Waals surface area contributed by atoms with Gasteiger partial charge in [-0.05, 0) is 120 Å². The Morgan fingerprint density at radius 3 is 1.18 bits per heavy atom. The number of carbonyl (C=O) groups is 3. The highest BCUT2D eigenvalue weighted by molar-refractivity contribution is 5.62. The average Bonchev–Trinajstić information content (AvgIpc) is 3.53. The molecule has 11 heteroatoms. The van der Waals surface area contributed by atoms with Crippen molar-refractivity contribution in [2.45, 2.75) is 82.2 Å². The zero-order valence-electron chi connectivity index (χ0n) is 31.3. The van der Waals surface area contributed by atoms with E-state index in [0.29, 0.717) is 26.1 Å². The number of aryl methyl sites for hydroxylation is 3. The first kappa shape index (κ1) is 37.4. The summed E-state index contributed by atoms with van der Waals surface area (Å²) in [5.41, 5.74) is 10.7. The molecule has 4 aromatic carbocycles. The van der Waals surface area contributed by atoms with E-state index in [1.165, 1.54) is 50.1 Å². The zero-order chi connectivity index (χ0) is 38.3. The summed E-state index contributed by atoms with van der Waals surface area (Å²) in [4.78, 5) is 34.4. The van der Waals surface area contributed by atoms with Gasteiger partial charge in [-0.2, -0.15) is 0 Å². The van der Waals surface area contributed by atoms with E-state index in [2.05, 4.69) is 72.8 Å². The van der Waals surface area contributed by atoms with Crippen molar-refractivity contribution in [3.05, 3.63) is 135 Å². The fraction of sp³-hybridized carbons (Fsp3) is 0.400. The van der Waals surface area contributed by atoms with E-state index >= 15 is 0 Å². The summed E-state index contributed by atoms with van der Waals surface area (Å²) < 4.78 is 42.0. The van der Waals surface area contributed by atoms with Crippen LogP contribution in [0.4, 0.5) is 14.4 Å². The Morgan fingerprint density at radius 2 is 0.786 bits per heavy atom. The molecule has 4 atom stereocenters. The molecule has 4 heterocycles. The second-order valence-electron chi connectivity index (χ2n) is 15.1. The van der Waals surface area contributed by atoms with Crippen LogP contribution >= 0.6 is 0 Å². The van der Waals surface area contributed by atoms with Gasteiger partial charge in [0.2, 0.25) is 0 Å². The van der Waals surface area contributed by atoms with E-state index in [9.17, 15) is 14.4 Å². The van der Waals surface area contributed by atoms with Crippen LogP contribution in [0.2, 0.25) is 0 Å². The van der Waals surface area contributed by atoms with Crippen molar-refractivity contribution in [3.8, 4) is 5.75 Å². The Morgan fingerprint density at radius 1 is 0.429 bits per heavy atom. The van der Waals surface area contributed by atoms with Crippen LogP contribution in [0.5, 0.6) is 5.75 Å². The van der Waals surface area contributed by atoms with Crippen molar-refractivity contribution in [2.24, 2.45) is 0 Å². The fourth-order valence-corrected chi connectivity index (χ4v) is 7.47. The predicted octanol–water partition coefficient (Wildman–Crippen LogP) is 7.64. The van der Waals surface area contributed by atoms with Gasteiger partial charge >= 0.3 is 18.5 Å². The summed E-state index contributed by atoms with van der Waals surface area (Å²) in [5, 5.41) is 0. The number of hydrogen-bond donors (Lipinski definition) is 0. The molecular weight excluding hydrogens is 716 g/mol. The van der Waals surface area contributed by atoms with Crippen LogP contribution in [0.25, 0.3) is 0 Å². The lowest BCUT2D eigenvalue weighted by Gasteiger charge is -2.15. The molecule has 11 nitrogen and oxygen atoms in total. The topological polar surface area (TPSA) is 128 Å². The summed E-state index contributed by atoms with van der Waals surface area (Å²) in [6, 6.07) is 30.5. The molecule has 0 aromatic heterocycles. The van der Waals surface area contributed by atoms with Gasteiger partial charge in [-0.3, -0.25) is 0 Å². The Kier molecular flexibility index (Phi) is 11.7. The zero-order valence-corrected chi connectivity index (χ0v) is 31.3. The minimum absolute atomic E-state index is 0.194. The number of rotatable bonds is 18. The summed E-state index contributed by atoms with van der Waals surface area (Å²) in [6.45, 7) is 2.21. The number of ether oxygens (including phenoxy) is 8. The van der Waals surface area contributed by atoms with Crippen molar-refractivity contribution in [1.82, 2.24) is 0 Å².